The summed E-state index contributed by atoms with van der Waals surface area (Å²) in [5.41, 5.74) is 2.60. The van der Waals surface area contributed by atoms with Crippen molar-refractivity contribution in [1.29, 1.82) is 0 Å². The van der Waals surface area contributed by atoms with Crippen LogP contribution in [0, 0.1) is 0 Å². The van der Waals surface area contributed by atoms with Gasteiger partial charge in [0.25, 0.3) is 0 Å². The molecule has 1 aromatic rings. The molecule has 2 aliphatic rings. The summed E-state index contributed by atoms with van der Waals surface area (Å²) in [7, 11) is 38.5. The van der Waals surface area contributed by atoms with Crippen molar-refractivity contribution in [1.82, 2.24) is 97.3 Å². The summed E-state index contributed by atoms with van der Waals surface area (Å²) in [5, 5.41) is 36.6. The van der Waals surface area contributed by atoms with Gasteiger partial charge in [-0.25, -0.2) is 0 Å². The molecule has 2 fully saturated rings. The Kier molecular flexibility index (Phi) is 67.5. The molecule has 0 saturated carbocycles. The highest BCUT2D eigenvalue weighted by Gasteiger charge is 2.18. The first-order chi connectivity index (χ1) is 47.2. The monoisotopic (exact) mass is 1410 g/mol. The number of Topliss-reactive ketones (excluding diaryl/α,β-unsaturated/α-hetero) is 3. The van der Waals surface area contributed by atoms with Gasteiger partial charge in [-0.1, -0.05) is 25.7 Å². The number of likely N-dealkylation sites (N-methyl/N-ethyl adjacent to an activating group) is 13. The molecule has 2 amide bonds. The number of hydrogen-bond acceptors (Lipinski definition) is 24. The largest absolute Gasteiger partial charge is 0.388 e. The Morgan fingerprint density at radius 1 is 0.343 bits per heavy atom. The lowest BCUT2D eigenvalue weighted by atomic mass is 10.1. The van der Waals surface area contributed by atoms with Gasteiger partial charge < -0.3 is 108 Å². The number of rotatable bonds is 37. The molecule has 0 aliphatic carbocycles. The van der Waals surface area contributed by atoms with Crippen molar-refractivity contribution >= 4 is 40.5 Å². The Labute approximate surface area is 606 Å². The molecule has 99 heavy (non-hydrogen) atoms. The van der Waals surface area contributed by atoms with Crippen molar-refractivity contribution in [3.63, 3.8) is 0 Å². The van der Waals surface area contributed by atoms with E-state index in [9.17, 15) is 24.0 Å². The van der Waals surface area contributed by atoms with E-state index in [-0.39, 0.29) is 53.3 Å². The number of benzene rings is 1. The maximum absolute atomic E-state index is 12.3. The van der Waals surface area contributed by atoms with Crippen LogP contribution in [0.1, 0.15) is 108 Å². The second-order valence-electron chi connectivity index (χ2n) is 27.2. The van der Waals surface area contributed by atoms with Crippen LogP contribution in [0.4, 0.5) is 11.4 Å². The van der Waals surface area contributed by atoms with Crippen molar-refractivity contribution in [2.75, 3.05) is 302 Å². The molecular formula is C73H157N21O5. The van der Waals surface area contributed by atoms with Gasteiger partial charge in [0, 0.05) is 162 Å². The molecule has 584 valence electrons. The van der Waals surface area contributed by atoms with Gasteiger partial charge in [0.15, 0.2) is 5.78 Å². The normalized spacial score (nSPS) is 16.9. The fourth-order valence-corrected chi connectivity index (χ4v) is 10.4. The lowest BCUT2D eigenvalue weighted by Crippen LogP contribution is -2.46. The number of anilines is 2. The topological polar surface area (TPSA) is 259 Å². The first-order valence-corrected chi connectivity index (χ1v) is 37.3. The van der Waals surface area contributed by atoms with E-state index >= 15 is 0 Å². The molecule has 26 nitrogen and oxygen atoms in total. The summed E-state index contributed by atoms with van der Waals surface area (Å²) in [4.78, 5) is 79.2. The number of nitrogens with zero attached hydrogens (tertiary/aromatic N) is 9. The van der Waals surface area contributed by atoms with Crippen molar-refractivity contribution < 1.29 is 24.0 Å². The smallest absolute Gasteiger partial charge is 0.237 e. The lowest BCUT2D eigenvalue weighted by molar-refractivity contribution is -0.123. The van der Waals surface area contributed by atoms with Crippen molar-refractivity contribution in [2.24, 2.45) is 0 Å². The average Bonchev–Trinajstić information content (AvgIpc) is 0.885. The lowest BCUT2D eigenvalue weighted by Gasteiger charge is -2.28. The number of amides is 2. The van der Waals surface area contributed by atoms with Crippen LogP contribution in [-0.2, 0) is 19.2 Å². The highest BCUT2D eigenvalue weighted by molar-refractivity contribution is 5.96. The molecule has 4 unspecified atom stereocenters. The third-order valence-electron chi connectivity index (χ3n) is 18.1. The zero-order valence-corrected chi connectivity index (χ0v) is 67.6. The van der Waals surface area contributed by atoms with Gasteiger partial charge in [-0.05, 0) is 236 Å². The van der Waals surface area contributed by atoms with Crippen LogP contribution in [0.5, 0.6) is 0 Å². The van der Waals surface area contributed by atoms with Crippen LogP contribution in [0.2, 0.25) is 0 Å². The predicted octanol–water partition coefficient (Wildman–Crippen LogP) is 1.64. The highest BCUT2D eigenvalue weighted by atomic mass is 16.2. The van der Waals surface area contributed by atoms with Crippen molar-refractivity contribution in [3.8, 4) is 0 Å². The van der Waals surface area contributed by atoms with Crippen LogP contribution >= 0.6 is 0 Å². The van der Waals surface area contributed by atoms with Gasteiger partial charge in [0.05, 0.1) is 24.2 Å². The molecule has 2 aliphatic heterocycles. The standard InChI is InChI=1S/C21H47N7O2.2C12H28N4.C10H14N2O.2C9H20N2O/c1-22-12-8-6-10-18(24-3)20(29)26-14-16-28(5)17-15-27-21(30)19(25-4)11-7-9-13-23-2;2*1-13-5-7-14(2)9-11-16(4)12-10-15(3)8-6-13;1-7(13)8-4-9(11-2)6-10(5-8)12-3;2*1-8(12)9(11-3)6-4-5-7-10-2/h18-19,22-25H,6-17H2,1-5H3,(H,26,29)(H,27,30);2*5-12H2,1-4H3;4-6,11-12H,1-3H3;2*9-11H,4-7H2,1-3H3. The van der Waals surface area contributed by atoms with Gasteiger partial charge >= 0.3 is 0 Å². The van der Waals surface area contributed by atoms with Gasteiger partial charge in [0.1, 0.15) is 11.6 Å². The molecule has 0 bridgehead atoms. The van der Waals surface area contributed by atoms with Crippen LogP contribution < -0.4 is 63.8 Å². The zero-order valence-electron chi connectivity index (χ0n) is 67.6. The molecule has 4 atom stereocenters. The van der Waals surface area contributed by atoms with Crippen molar-refractivity contribution in [2.45, 2.75) is 122 Å². The predicted molar refractivity (Wildman–Crippen MR) is 423 cm³/mol. The molecule has 0 spiro atoms. The molecule has 2 heterocycles. The third kappa shape index (κ3) is 59.2. The molecular weight excluding hydrogens is 1250 g/mol. The fraction of sp³-hybridized carbons (Fsp3) is 0.849. The molecule has 1 aromatic carbocycles. The minimum absolute atomic E-state index is 0.0544. The Hall–Kier alpha value is -3.91. The Bertz CT molecular complexity index is 1850. The zero-order chi connectivity index (χ0) is 75.2. The number of carbonyl (C=O) groups excluding carboxylic acids is 5. The third-order valence-corrected chi connectivity index (χ3v) is 18.1. The summed E-state index contributed by atoms with van der Waals surface area (Å²) in [6, 6.07) is 5.46. The maximum atomic E-state index is 12.3. The second kappa shape index (κ2) is 67.3. The maximum Gasteiger partial charge on any atom is 0.237 e. The quantitative estimate of drug-likeness (QED) is 0.0334. The minimum atomic E-state index is -0.141. The van der Waals surface area contributed by atoms with E-state index < -0.39 is 0 Å². The van der Waals surface area contributed by atoms with E-state index in [2.05, 4.69) is 164 Å². The molecule has 26 heteroatoms. The van der Waals surface area contributed by atoms with Crippen LogP contribution in [-0.4, -0.2) is 388 Å². The van der Waals surface area contributed by atoms with Crippen LogP contribution in [0.25, 0.3) is 0 Å². The van der Waals surface area contributed by atoms with Crippen LogP contribution in [0.15, 0.2) is 18.2 Å². The van der Waals surface area contributed by atoms with Gasteiger partial charge in [-0.3, -0.25) is 24.0 Å². The number of nitrogens with one attached hydrogen (secondary N) is 12. The molecule has 3 rings (SSSR count). The summed E-state index contributed by atoms with van der Waals surface area (Å²) in [5.74, 6) is 0.662. The minimum Gasteiger partial charge on any atom is -0.388 e. The molecule has 0 aromatic heterocycles. The van der Waals surface area contributed by atoms with E-state index in [1.807, 2.05) is 95.7 Å². The number of ketones is 3. The average molecular weight is 1410 g/mol. The molecule has 0 radical (unpaired) electrons. The first-order valence-electron chi connectivity index (χ1n) is 37.3. The van der Waals surface area contributed by atoms with Gasteiger partial charge in [-0.15, -0.1) is 0 Å². The van der Waals surface area contributed by atoms with Gasteiger partial charge in [0.2, 0.25) is 11.8 Å². The summed E-state index contributed by atoms with van der Waals surface area (Å²) < 4.78 is 0. The Morgan fingerprint density at radius 2 is 0.566 bits per heavy atom. The summed E-state index contributed by atoms with van der Waals surface area (Å²) in [6.45, 7) is 30.4. The summed E-state index contributed by atoms with van der Waals surface area (Å²) >= 11 is 0. The van der Waals surface area contributed by atoms with E-state index in [1.165, 1.54) is 105 Å². The first kappa shape index (κ1) is 99.3. The van der Waals surface area contributed by atoms with Crippen molar-refractivity contribution in [3.05, 3.63) is 23.8 Å². The number of carbonyl (C=O) groups is 5. The molecule has 12 N–H and O–H groups in total. The second-order valence-corrected chi connectivity index (χ2v) is 27.2. The SMILES string of the molecule is CN1CCN(C)CCN(C)CCN(C)CC1.CN1CCN(C)CCN(C)CCN(C)CC1.CNCCCCC(NC)C(=O)NCCN(C)CCNC(=O)C(CCCCNC)NC.CNCCCCC(NC)C(C)=O.CNCCCCC(NC)C(C)=O.CNc1cc(NC)cc(C(C)=O)c1. The Balaban J connectivity index is -0.00000116. The van der Waals surface area contributed by atoms with E-state index in [1.54, 1.807) is 20.8 Å². The number of unbranched alkanes of at least 4 members (excludes halogenated alkanes) is 4. The van der Waals surface area contributed by atoms with E-state index in [0.29, 0.717) is 13.1 Å². The summed E-state index contributed by atoms with van der Waals surface area (Å²) in [6.07, 6.45) is 12.2. The van der Waals surface area contributed by atoms with E-state index in [4.69, 9.17) is 0 Å². The van der Waals surface area contributed by atoms with E-state index in [0.717, 1.165) is 133 Å². The fourth-order valence-electron chi connectivity index (χ4n) is 10.4. The van der Waals surface area contributed by atoms with Crippen LogP contribution in [0.3, 0.4) is 0 Å². The number of hydrogen-bond donors (Lipinski definition) is 12. The highest BCUT2D eigenvalue weighted by Crippen LogP contribution is 2.18. The Morgan fingerprint density at radius 3 is 0.747 bits per heavy atom. The molecule has 2 saturated heterocycles. The van der Waals surface area contributed by atoms with Gasteiger partial charge in [-0.2, -0.15) is 0 Å².